The Morgan fingerprint density at radius 1 is 1.30 bits per heavy atom. The first-order valence-corrected chi connectivity index (χ1v) is 6.38. The molecule has 0 saturated heterocycles. The van der Waals surface area contributed by atoms with Crippen LogP contribution in [0.25, 0.3) is 11.0 Å². The van der Waals surface area contributed by atoms with Crippen LogP contribution in [-0.4, -0.2) is 25.6 Å². The molecule has 7 nitrogen and oxygen atoms in total. The van der Waals surface area contributed by atoms with Crippen LogP contribution < -0.4 is 11.2 Å². The number of aromatic amines is 1. The second-order valence-electron chi connectivity index (χ2n) is 4.94. The van der Waals surface area contributed by atoms with Crippen LogP contribution in [0.4, 0.5) is 0 Å². The minimum Gasteiger partial charge on any atom is -0.478 e. The van der Waals surface area contributed by atoms with Gasteiger partial charge in [-0.25, -0.2) is 14.6 Å². The molecule has 0 saturated carbocycles. The molecule has 2 N–H and O–H groups in total. The van der Waals surface area contributed by atoms with Crippen LogP contribution in [-0.2, 0) is 19.9 Å². The van der Waals surface area contributed by atoms with Crippen LogP contribution in [0, 0.1) is 0 Å². The van der Waals surface area contributed by atoms with Gasteiger partial charge in [-0.2, -0.15) is 0 Å². The second kappa shape index (κ2) is 4.29. The number of carbonyl (C=O) groups is 1. The number of nitrogens with one attached hydrogen (secondary N) is 1. The summed E-state index contributed by atoms with van der Waals surface area (Å²) in [6, 6.07) is 0. The molecule has 2 aromatic heterocycles. The first-order valence-electron chi connectivity index (χ1n) is 6.38. The molecule has 0 atom stereocenters. The Morgan fingerprint density at radius 3 is 2.70 bits per heavy atom. The summed E-state index contributed by atoms with van der Waals surface area (Å²) in [7, 11) is 1.47. The number of fused-ring (bicyclic) bond motifs is 2. The molecule has 1 aliphatic carbocycles. The first kappa shape index (κ1) is 12.6. The Bertz CT molecular complexity index is 847. The molecule has 0 fully saturated rings. The summed E-state index contributed by atoms with van der Waals surface area (Å²) in [5.74, 6) is -1.15. The molecule has 0 unspecified atom stereocenters. The van der Waals surface area contributed by atoms with Crippen LogP contribution in [0.15, 0.2) is 9.59 Å². The van der Waals surface area contributed by atoms with Gasteiger partial charge >= 0.3 is 11.7 Å². The van der Waals surface area contributed by atoms with Gasteiger partial charge < -0.3 is 5.11 Å². The predicted octanol–water partition coefficient (Wildman–Crippen LogP) is 0.199. The van der Waals surface area contributed by atoms with E-state index in [0.717, 1.165) is 12.8 Å². The highest BCUT2D eigenvalue weighted by Crippen LogP contribution is 2.26. The third-order valence-electron chi connectivity index (χ3n) is 3.74. The van der Waals surface area contributed by atoms with Crippen LogP contribution in [0.5, 0.6) is 0 Å². The van der Waals surface area contributed by atoms with Crippen molar-refractivity contribution in [2.75, 3.05) is 0 Å². The zero-order valence-electron chi connectivity index (χ0n) is 10.9. The van der Waals surface area contributed by atoms with Crippen molar-refractivity contribution >= 4 is 17.0 Å². The van der Waals surface area contributed by atoms with Crippen molar-refractivity contribution in [2.45, 2.75) is 25.7 Å². The molecule has 2 heterocycles. The maximum absolute atomic E-state index is 12.0. The summed E-state index contributed by atoms with van der Waals surface area (Å²) >= 11 is 0. The van der Waals surface area contributed by atoms with Gasteiger partial charge in [0.25, 0.3) is 5.56 Å². The highest BCUT2D eigenvalue weighted by molar-refractivity contribution is 6.03. The fraction of sp³-hybridized carbons (Fsp3) is 0.385. The maximum atomic E-state index is 12.0. The monoisotopic (exact) mass is 275 g/mol. The van der Waals surface area contributed by atoms with Crippen LogP contribution in [0.2, 0.25) is 0 Å². The number of carboxylic acids is 1. The number of rotatable bonds is 1. The van der Waals surface area contributed by atoms with Gasteiger partial charge in [-0.05, 0) is 31.2 Å². The molecule has 0 amide bonds. The fourth-order valence-electron chi connectivity index (χ4n) is 2.76. The zero-order valence-corrected chi connectivity index (χ0v) is 10.9. The molecular weight excluding hydrogens is 262 g/mol. The number of aromatic carboxylic acids is 1. The van der Waals surface area contributed by atoms with Gasteiger partial charge in [-0.1, -0.05) is 0 Å². The lowest BCUT2D eigenvalue weighted by Crippen LogP contribution is -2.31. The molecule has 0 radical (unpaired) electrons. The van der Waals surface area contributed by atoms with Gasteiger partial charge in [0.05, 0.1) is 10.9 Å². The van der Waals surface area contributed by atoms with E-state index in [1.807, 2.05) is 0 Å². The number of aryl methyl sites for hydroxylation is 2. The van der Waals surface area contributed by atoms with Crippen molar-refractivity contribution in [3.63, 3.8) is 0 Å². The SMILES string of the molecule is Cn1c(=O)[nH]c(=O)c2c(C(=O)O)c3c(nc21)CCCC3. The third-order valence-corrected chi connectivity index (χ3v) is 3.74. The van der Waals surface area contributed by atoms with Gasteiger partial charge in [0.2, 0.25) is 0 Å². The molecule has 1 aliphatic rings. The number of H-pyrrole nitrogens is 1. The summed E-state index contributed by atoms with van der Waals surface area (Å²) in [5, 5.41) is 9.44. The van der Waals surface area contributed by atoms with E-state index < -0.39 is 17.2 Å². The highest BCUT2D eigenvalue weighted by atomic mass is 16.4. The summed E-state index contributed by atoms with van der Waals surface area (Å²) in [4.78, 5) is 41.7. The average Bonchev–Trinajstić information content (AvgIpc) is 2.42. The van der Waals surface area contributed by atoms with E-state index in [4.69, 9.17) is 0 Å². The lowest BCUT2D eigenvalue weighted by molar-refractivity contribution is 0.0697. The first-order chi connectivity index (χ1) is 9.50. The number of aromatic nitrogens is 3. The summed E-state index contributed by atoms with van der Waals surface area (Å²) in [6.07, 6.45) is 3.08. The van der Waals surface area contributed by atoms with E-state index in [2.05, 4.69) is 9.97 Å². The average molecular weight is 275 g/mol. The van der Waals surface area contributed by atoms with Crippen LogP contribution >= 0.6 is 0 Å². The summed E-state index contributed by atoms with van der Waals surface area (Å²) in [5.41, 5.74) is 0.143. The quantitative estimate of drug-likeness (QED) is 0.773. The topological polar surface area (TPSA) is 105 Å². The summed E-state index contributed by atoms with van der Waals surface area (Å²) in [6.45, 7) is 0. The van der Waals surface area contributed by atoms with Crippen molar-refractivity contribution in [3.05, 3.63) is 37.7 Å². The number of nitrogens with zero attached hydrogens (tertiary/aromatic N) is 2. The van der Waals surface area contributed by atoms with Gasteiger partial charge in [-0.15, -0.1) is 0 Å². The van der Waals surface area contributed by atoms with Crippen molar-refractivity contribution in [2.24, 2.45) is 7.05 Å². The molecule has 7 heteroatoms. The van der Waals surface area contributed by atoms with Crippen molar-refractivity contribution in [1.29, 1.82) is 0 Å². The van der Waals surface area contributed by atoms with Crippen LogP contribution in [0.1, 0.15) is 34.5 Å². The van der Waals surface area contributed by atoms with E-state index in [1.165, 1.54) is 11.6 Å². The van der Waals surface area contributed by atoms with E-state index >= 15 is 0 Å². The van der Waals surface area contributed by atoms with E-state index in [0.29, 0.717) is 24.1 Å². The molecule has 20 heavy (non-hydrogen) atoms. The number of hydrogen-bond acceptors (Lipinski definition) is 4. The predicted molar refractivity (Wildman–Crippen MR) is 71.2 cm³/mol. The van der Waals surface area contributed by atoms with Crippen molar-refractivity contribution in [1.82, 2.24) is 14.5 Å². The molecule has 0 aromatic carbocycles. The Hall–Kier alpha value is -2.44. The molecule has 0 aliphatic heterocycles. The largest absolute Gasteiger partial charge is 0.478 e. The van der Waals surface area contributed by atoms with Gasteiger partial charge in [-0.3, -0.25) is 14.3 Å². The van der Waals surface area contributed by atoms with E-state index in [9.17, 15) is 19.5 Å². The number of hydrogen-bond donors (Lipinski definition) is 2. The summed E-state index contributed by atoms with van der Waals surface area (Å²) < 4.78 is 1.18. The molecule has 0 bridgehead atoms. The molecule has 3 rings (SSSR count). The molecule has 2 aromatic rings. The highest BCUT2D eigenvalue weighted by Gasteiger charge is 2.25. The molecular formula is C13H13N3O4. The Morgan fingerprint density at radius 2 is 2.00 bits per heavy atom. The van der Waals surface area contributed by atoms with Crippen molar-refractivity contribution in [3.8, 4) is 0 Å². The van der Waals surface area contributed by atoms with Gasteiger partial charge in [0.1, 0.15) is 5.65 Å². The fourth-order valence-corrected chi connectivity index (χ4v) is 2.76. The Kier molecular flexibility index (Phi) is 2.70. The number of carboxylic acid groups (broad SMARTS) is 1. The standard InChI is InChI=1S/C13H13N3O4/c1-16-10-9(11(17)15-13(16)20)8(12(18)19)6-4-2-3-5-7(6)14-10/h2-5H2,1H3,(H,18,19)(H,15,17,20). The minimum absolute atomic E-state index is 0.0125. The minimum atomic E-state index is -1.15. The van der Waals surface area contributed by atoms with Crippen LogP contribution in [0.3, 0.4) is 0 Å². The maximum Gasteiger partial charge on any atom is 0.336 e. The number of pyridine rings is 1. The van der Waals surface area contributed by atoms with Crippen molar-refractivity contribution < 1.29 is 9.90 Å². The lowest BCUT2D eigenvalue weighted by Gasteiger charge is -2.18. The second-order valence-corrected chi connectivity index (χ2v) is 4.94. The molecule has 0 spiro atoms. The van der Waals surface area contributed by atoms with E-state index in [-0.39, 0.29) is 16.6 Å². The smallest absolute Gasteiger partial charge is 0.336 e. The third kappa shape index (κ3) is 1.66. The Labute approximate surface area is 112 Å². The van der Waals surface area contributed by atoms with E-state index in [1.54, 1.807) is 0 Å². The van der Waals surface area contributed by atoms with Gasteiger partial charge in [0, 0.05) is 12.7 Å². The lowest BCUT2D eigenvalue weighted by atomic mass is 9.91. The zero-order chi connectivity index (χ0) is 14.4. The Balaban J connectivity index is 2.59. The molecule has 104 valence electrons. The van der Waals surface area contributed by atoms with Gasteiger partial charge in [0.15, 0.2) is 0 Å². The normalized spacial score (nSPS) is 14.2.